The van der Waals surface area contributed by atoms with Crippen molar-refractivity contribution in [1.82, 2.24) is 9.78 Å². The molecule has 1 heterocycles. The Kier molecular flexibility index (Phi) is 4.45. The van der Waals surface area contributed by atoms with Gasteiger partial charge in [-0.05, 0) is 32.1 Å². The van der Waals surface area contributed by atoms with Crippen molar-refractivity contribution >= 4 is 11.8 Å². The number of hydrogen-bond acceptors (Lipinski definition) is 4. The molecular weight excluding hydrogens is 242 g/mol. The van der Waals surface area contributed by atoms with Gasteiger partial charge in [-0.25, -0.2) is 9.48 Å². The molecule has 5 heteroatoms. The number of carbonyl (C=O) groups is 1. The molecule has 1 aromatic heterocycles. The molecule has 0 saturated heterocycles. The Morgan fingerprint density at radius 3 is 2.68 bits per heavy atom. The van der Waals surface area contributed by atoms with Crippen LogP contribution >= 0.6 is 0 Å². The van der Waals surface area contributed by atoms with Crippen LogP contribution in [0.3, 0.4) is 0 Å². The molecule has 19 heavy (non-hydrogen) atoms. The number of ether oxygens (including phenoxy) is 1. The number of aromatic nitrogens is 2. The zero-order chi connectivity index (χ0) is 13.8. The van der Waals surface area contributed by atoms with Crippen LogP contribution in [0.15, 0.2) is 0 Å². The molecule has 0 unspecified atom stereocenters. The van der Waals surface area contributed by atoms with Gasteiger partial charge in [-0.3, -0.25) is 0 Å². The Labute approximate surface area is 114 Å². The van der Waals surface area contributed by atoms with Crippen LogP contribution in [0.1, 0.15) is 67.9 Å². The summed E-state index contributed by atoms with van der Waals surface area (Å²) in [6.45, 7) is 4.98. The summed E-state index contributed by atoms with van der Waals surface area (Å²) in [5.74, 6) is 0.674. The van der Waals surface area contributed by atoms with Crippen LogP contribution in [0, 0.1) is 0 Å². The summed E-state index contributed by atoms with van der Waals surface area (Å²) >= 11 is 0. The smallest absolute Gasteiger partial charge is 0.359 e. The lowest BCUT2D eigenvalue weighted by molar-refractivity contribution is 0.0516. The molecule has 0 radical (unpaired) electrons. The van der Waals surface area contributed by atoms with E-state index in [9.17, 15) is 4.79 Å². The first-order valence-corrected chi connectivity index (χ1v) is 7.22. The number of esters is 1. The first kappa shape index (κ1) is 13.9. The van der Waals surface area contributed by atoms with Crippen molar-refractivity contribution in [1.29, 1.82) is 0 Å². The lowest BCUT2D eigenvalue weighted by Crippen LogP contribution is -2.10. The lowest BCUT2D eigenvalue weighted by atomic mass is 9.97. The molecule has 5 nitrogen and oxygen atoms in total. The van der Waals surface area contributed by atoms with Crippen molar-refractivity contribution in [3.8, 4) is 0 Å². The van der Waals surface area contributed by atoms with Gasteiger partial charge >= 0.3 is 5.97 Å². The fourth-order valence-corrected chi connectivity index (χ4v) is 2.84. The quantitative estimate of drug-likeness (QED) is 0.831. The predicted octanol–water partition coefficient (Wildman–Crippen LogP) is 2.71. The topological polar surface area (TPSA) is 70.1 Å². The molecule has 1 saturated carbocycles. The molecule has 0 spiro atoms. The maximum atomic E-state index is 12.0. The van der Waals surface area contributed by atoms with E-state index in [4.69, 9.17) is 10.5 Å². The first-order valence-electron chi connectivity index (χ1n) is 7.22. The van der Waals surface area contributed by atoms with E-state index in [1.54, 1.807) is 11.6 Å². The lowest BCUT2D eigenvalue weighted by Gasteiger charge is -2.10. The summed E-state index contributed by atoms with van der Waals surface area (Å²) in [4.78, 5) is 12.0. The molecule has 2 rings (SSSR count). The third-order valence-electron chi connectivity index (χ3n) is 3.70. The van der Waals surface area contributed by atoms with E-state index in [-0.39, 0.29) is 5.97 Å². The number of nitrogens with two attached hydrogens (primary N) is 1. The van der Waals surface area contributed by atoms with Gasteiger partial charge in [0.15, 0.2) is 5.69 Å². The highest BCUT2D eigenvalue weighted by atomic mass is 16.5. The van der Waals surface area contributed by atoms with E-state index in [2.05, 4.69) is 12.0 Å². The second-order valence-electron chi connectivity index (χ2n) is 5.07. The van der Waals surface area contributed by atoms with Crippen LogP contribution in [0.4, 0.5) is 5.82 Å². The van der Waals surface area contributed by atoms with Gasteiger partial charge < -0.3 is 10.5 Å². The minimum Gasteiger partial charge on any atom is -0.461 e. The van der Waals surface area contributed by atoms with Gasteiger partial charge in [0, 0.05) is 12.1 Å². The molecule has 0 bridgehead atoms. The summed E-state index contributed by atoms with van der Waals surface area (Å²) < 4.78 is 6.85. The molecule has 2 N–H and O–H groups in total. The van der Waals surface area contributed by atoms with Crippen LogP contribution < -0.4 is 5.73 Å². The Morgan fingerprint density at radius 1 is 1.42 bits per heavy atom. The Bertz CT molecular complexity index is 448. The SMILES string of the molecule is CCCn1nc(C(=O)OCC)c(C2CCCC2)c1N. The van der Waals surface area contributed by atoms with Crippen LogP contribution in [0.25, 0.3) is 0 Å². The molecule has 1 aliphatic rings. The molecular formula is C14H23N3O2. The molecule has 1 aromatic rings. The van der Waals surface area contributed by atoms with Crippen molar-refractivity contribution in [3.05, 3.63) is 11.3 Å². The average Bonchev–Trinajstić information content (AvgIpc) is 2.99. The maximum Gasteiger partial charge on any atom is 0.359 e. The van der Waals surface area contributed by atoms with Gasteiger partial charge in [-0.2, -0.15) is 5.10 Å². The van der Waals surface area contributed by atoms with Crippen LogP contribution in [0.2, 0.25) is 0 Å². The number of carbonyl (C=O) groups excluding carboxylic acids is 1. The highest BCUT2D eigenvalue weighted by molar-refractivity contribution is 5.90. The van der Waals surface area contributed by atoms with E-state index < -0.39 is 0 Å². The van der Waals surface area contributed by atoms with Crippen molar-refractivity contribution in [3.63, 3.8) is 0 Å². The van der Waals surface area contributed by atoms with Crippen molar-refractivity contribution in [2.75, 3.05) is 12.3 Å². The molecule has 106 valence electrons. The number of nitrogen functional groups attached to an aromatic ring is 1. The van der Waals surface area contributed by atoms with Gasteiger partial charge in [-0.1, -0.05) is 19.8 Å². The van der Waals surface area contributed by atoms with E-state index >= 15 is 0 Å². The predicted molar refractivity (Wildman–Crippen MR) is 74.1 cm³/mol. The van der Waals surface area contributed by atoms with Crippen molar-refractivity contribution in [2.45, 2.75) is 58.4 Å². The fraction of sp³-hybridized carbons (Fsp3) is 0.714. The highest BCUT2D eigenvalue weighted by Crippen LogP contribution is 2.39. The van der Waals surface area contributed by atoms with E-state index in [0.29, 0.717) is 24.0 Å². The van der Waals surface area contributed by atoms with Crippen molar-refractivity contribution < 1.29 is 9.53 Å². The standard InChI is InChI=1S/C14H23N3O2/c1-3-9-17-13(15)11(10-7-5-6-8-10)12(16-17)14(18)19-4-2/h10H,3-9,15H2,1-2H3. The average molecular weight is 265 g/mol. The van der Waals surface area contributed by atoms with Crippen LogP contribution in [0.5, 0.6) is 0 Å². The monoisotopic (exact) mass is 265 g/mol. The van der Waals surface area contributed by atoms with E-state index in [1.807, 2.05) is 0 Å². The molecule has 0 aliphatic heterocycles. The Hall–Kier alpha value is -1.52. The number of aryl methyl sites for hydroxylation is 1. The Balaban J connectivity index is 2.38. The Morgan fingerprint density at radius 2 is 2.11 bits per heavy atom. The molecule has 0 atom stereocenters. The highest BCUT2D eigenvalue weighted by Gasteiger charge is 2.30. The molecule has 1 fully saturated rings. The maximum absolute atomic E-state index is 12.0. The van der Waals surface area contributed by atoms with Gasteiger partial charge in [0.1, 0.15) is 5.82 Å². The summed E-state index contributed by atoms with van der Waals surface area (Å²) in [6.07, 6.45) is 5.53. The fourth-order valence-electron chi connectivity index (χ4n) is 2.84. The molecule has 1 aliphatic carbocycles. The van der Waals surface area contributed by atoms with Gasteiger partial charge in [0.2, 0.25) is 0 Å². The zero-order valence-corrected chi connectivity index (χ0v) is 11.8. The second kappa shape index (κ2) is 6.08. The molecule has 0 amide bonds. The minimum atomic E-state index is -0.342. The first-order chi connectivity index (χ1) is 9.19. The van der Waals surface area contributed by atoms with Gasteiger partial charge in [-0.15, -0.1) is 0 Å². The normalized spacial score (nSPS) is 15.9. The summed E-state index contributed by atoms with van der Waals surface area (Å²) in [5, 5.41) is 4.38. The minimum absolute atomic E-state index is 0.342. The van der Waals surface area contributed by atoms with E-state index in [0.717, 1.165) is 31.4 Å². The number of hydrogen-bond donors (Lipinski definition) is 1. The van der Waals surface area contributed by atoms with E-state index in [1.165, 1.54) is 12.8 Å². The van der Waals surface area contributed by atoms with Crippen LogP contribution in [-0.4, -0.2) is 22.4 Å². The van der Waals surface area contributed by atoms with Crippen molar-refractivity contribution in [2.24, 2.45) is 0 Å². The second-order valence-corrected chi connectivity index (χ2v) is 5.07. The van der Waals surface area contributed by atoms with Gasteiger partial charge in [0.25, 0.3) is 0 Å². The third-order valence-corrected chi connectivity index (χ3v) is 3.70. The number of anilines is 1. The summed E-state index contributed by atoms with van der Waals surface area (Å²) in [6, 6.07) is 0. The van der Waals surface area contributed by atoms with Crippen LogP contribution in [-0.2, 0) is 11.3 Å². The number of nitrogens with zero attached hydrogens (tertiary/aromatic N) is 2. The number of rotatable bonds is 5. The van der Waals surface area contributed by atoms with Gasteiger partial charge in [0.05, 0.1) is 6.61 Å². The zero-order valence-electron chi connectivity index (χ0n) is 11.8. The largest absolute Gasteiger partial charge is 0.461 e. The third kappa shape index (κ3) is 2.74. The summed E-state index contributed by atoms with van der Waals surface area (Å²) in [7, 11) is 0. The molecule has 0 aromatic carbocycles. The summed E-state index contributed by atoms with van der Waals surface area (Å²) in [5.41, 5.74) is 7.55.